The molecule has 0 aromatic carbocycles. The molecule has 0 bridgehead atoms. The maximum absolute atomic E-state index is 12.5. The van der Waals surface area contributed by atoms with E-state index in [-0.39, 0.29) is 6.04 Å². The Labute approximate surface area is 86.8 Å². The zero-order valence-electron chi connectivity index (χ0n) is 8.35. The molecule has 0 aromatic heterocycles. The minimum Gasteiger partial charge on any atom is -0.352 e. The van der Waals surface area contributed by atoms with Gasteiger partial charge in [-0.05, 0) is 18.6 Å². The third kappa shape index (κ3) is 3.82. The normalized spacial score (nSPS) is 27.7. The van der Waals surface area contributed by atoms with Crippen LogP contribution < -0.4 is 5.32 Å². The summed E-state index contributed by atoms with van der Waals surface area (Å²) in [6.07, 6.45) is -0.707. The van der Waals surface area contributed by atoms with Gasteiger partial charge in [-0.25, -0.2) is 8.78 Å². The minimum atomic E-state index is -2.90. The van der Waals surface area contributed by atoms with Crippen LogP contribution in [-0.4, -0.2) is 29.4 Å². The minimum absolute atomic E-state index is 0.0647. The SMILES string of the molecule is C[C@H]1CSC[C@H]1NC(=O)CC(C)(F)F. The van der Waals surface area contributed by atoms with Crippen LogP contribution in [0.15, 0.2) is 0 Å². The average molecular weight is 223 g/mol. The quantitative estimate of drug-likeness (QED) is 0.791. The smallest absolute Gasteiger partial charge is 0.254 e. The molecule has 5 heteroatoms. The third-order valence-electron chi connectivity index (χ3n) is 2.18. The summed E-state index contributed by atoms with van der Waals surface area (Å²) in [5, 5.41) is 2.65. The van der Waals surface area contributed by atoms with Gasteiger partial charge in [-0.2, -0.15) is 11.8 Å². The summed E-state index contributed by atoms with van der Waals surface area (Å²) < 4.78 is 25.0. The number of alkyl halides is 2. The van der Waals surface area contributed by atoms with Crippen molar-refractivity contribution in [2.45, 2.75) is 32.2 Å². The molecule has 1 rings (SSSR count). The summed E-state index contributed by atoms with van der Waals surface area (Å²) in [4.78, 5) is 11.2. The lowest BCUT2D eigenvalue weighted by Crippen LogP contribution is -2.40. The van der Waals surface area contributed by atoms with Crippen LogP contribution in [-0.2, 0) is 4.79 Å². The van der Waals surface area contributed by atoms with Crippen molar-refractivity contribution >= 4 is 17.7 Å². The third-order valence-corrected chi connectivity index (χ3v) is 3.54. The standard InChI is InChI=1S/C9H15F2NOS/c1-6-4-14-5-7(6)12-8(13)3-9(2,10)11/h6-7H,3-5H2,1-2H3,(H,12,13)/t6-,7+/m0/s1. The maximum Gasteiger partial charge on any atom is 0.254 e. The molecule has 1 amide bonds. The molecule has 14 heavy (non-hydrogen) atoms. The van der Waals surface area contributed by atoms with Gasteiger partial charge < -0.3 is 5.32 Å². The number of hydrogen-bond acceptors (Lipinski definition) is 2. The Morgan fingerprint density at radius 1 is 1.57 bits per heavy atom. The number of nitrogens with one attached hydrogen (secondary N) is 1. The molecular weight excluding hydrogens is 208 g/mol. The van der Waals surface area contributed by atoms with E-state index < -0.39 is 18.3 Å². The molecule has 0 aromatic rings. The highest BCUT2D eigenvalue weighted by atomic mass is 32.2. The number of hydrogen-bond donors (Lipinski definition) is 1. The first-order valence-electron chi connectivity index (χ1n) is 4.63. The summed E-state index contributed by atoms with van der Waals surface area (Å²) in [5.74, 6) is -1.24. The van der Waals surface area contributed by atoms with Gasteiger partial charge in [-0.3, -0.25) is 4.79 Å². The summed E-state index contributed by atoms with van der Waals surface area (Å²) in [6.45, 7) is 2.79. The highest BCUT2D eigenvalue weighted by Gasteiger charge is 2.30. The van der Waals surface area contributed by atoms with E-state index in [1.54, 1.807) is 11.8 Å². The van der Waals surface area contributed by atoms with Crippen molar-refractivity contribution in [3.05, 3.63) is 0 Å². The van der Waals surface area contributed by atoms with Crippen molar-refractivity contribution in [1.82, 2.24) is 5.32 Å². The number of carbonyl (C=O) groups excluding carboxylic acids is 1. The fraction of sp³-hybridized carbons (Fsp3) is 0.889. The van der Waals surface area contributed by atoms with E-state index in [4.69, 9.17) is 0 Å². The monoisotopic (exact) mass is 223 g/mol. The molecule has 1 heterocycles. The molecule has 0 aliphatic carbocycles. The molecule has 0 spiro atoms. The van der Waals surface area contributed by atoms with E-state index >= 15 is 0 Å². The first-order valence-corrected chi connectivity index (χ1v) is 5.79. The number of carbonyl (C=O) groups is 1. The molecule has 1 fully saturated rings. The molecule has 1 N–H and O–H groups in total. The van der Waals surface area contributed by atoms with Gasteiger partial charge in [-0.15, -0.1) is 0 Å². The van der Waals surface area contributed by atoms with Crippen molar-refractivity contribution in [2.75, 3.05) is 11.5 Å². The lowest BCUT2D eigenvalue weighted by molar-refractivity contribution is -0.128. The predicted octanol–water partition coefficient (Wildman–Crippen LogP) is 1.90. The average Bonchev–Trinajstić information content (AvgIpc) is 2.32. The molecule has 1 aliphatic heterocycles. The van der Waals surface area contributed by atoms with Gasteiger partial charge in [-0.1, -0.05) is 6.92 Å². The Bertz CT molecular complexity index is 217. The van der Waals surface area contributed by atoms with E-state index in [9.17, 15) is 13.6 Å². The van der Waals surface area contributed by atoms with Crippen LogP contribution in [0.25, 0.3) is 0 Å². The second-order valence-corrected chi connectivity index (χ2v) is 5.01. The van der Waals surface area contributed by atoms with E-state index in [1.807, 2.05) is 6.92 Å². The number of halogens is 2. The fourth-order valence-corrected chi connectivity index (χ4v) is 2.79. The molecule has 82 valence electrons. The van der Waals surface area contributed by atoms with Crippen molar-refractivity contribution in [3.8, 4) is 0 Å². The van der Waals surface area contributed by atoms with Crippen molar-refractivity contribution in [3.63, 3.8) is 0 Å². The zero-order chi connectivity index (χ0) is 10.8. The predicted molar refractivity (Wildman–Crippen MR) is 53.7 cm³/mol. The molecule has 1 saturated heterocycles. The second-order valence-electron chi connectivity index (χ2n) is 3.94. The number of amides is 1. The van der Waals surface area contributed by atoms with Gasteiger partial charge in [0.1, 0.15) is 0 Å². The van der Waals surface area contributed by atoms with E-state index in [0.717, 1.165) is 18.4 Å². The zero-order valence-corrected chi connectivity index (χ0v) is 9.16. The van der Waals surface area contributed by atoms with Crippen molar-refractivity contribution < 1.29 is 13.6 Å². The van der Waals surface area contributed by atoms with Crippen LogP contribution in [0.2, 0.25) is 0 Å². The van der Waals surface area contributed by atoms with Gasteiger partial charge in [0.25, 0.3) is 5.92 Å². The van der Waals surface area contributed by atoms with E-state index in [1.165, 1.54) is 0 Å². The summed E-state index contributed by atoms with van der Waals surface area (Å²) in [6, 6.07) is 0.0647. The summed E-state index contributed by atoms with van der Waals surface area (Å²) in [7, 11) is 0. The van der Waals surface area contributed by atoms with Gasteiger partial charge in [0.05, 0.1) is 6.42 Å². The Balaban J connectivity index is 2.33. The Morgan fingerprint density at radius 3 is 2.64 bits per heavy atom. The largest absolute Gasteiger partial charge is 0.352 e. The van der Waals surface area contributed by atoms with Gasteiger partial charge >= 0.3 is 0 Å². The molecule has 2 nitrogen and oxygen atoms in total. The van der Waals surface area contributed by atoms with E-state index in [0.29, 0.717) is 5.92 Å². The first kappa shape index (κ1) is 11.8. The van der Waals surface area contributed by atoms with Gasteiger partial charge in [0.15, 0.2) is 0 Å². The molecule has 0 saturated carbocycles. The van der Waals surface area contributed by atoms with Crippen molar-refractivity contribution in [1.29, 1.82) is 0 Å². The molecule has 0 unspecified atom stereocenters. The molecule has 0 radical (unpaired) electrons. The summed E-state index contributed by atoms with van der Waals surface area (Å²) >= 11 is 1.75. The van der Waals surface area contributed by atoms with Gasteiger partial charge in [0, 0.05) is 11.8 Å². The molecular formula is C9H15F2NOS. The van der Waals surface area contributed by atoms with Crippen molar-refractivity contribution in [2.24, 2.45) is 5.92 Å². The van der Waals surface area contributed by atoms with Crippen LogP contribution in [0.4, 0.5) is 8.78 Å². The van der Waals surface area contributed by atoms with Gasteiger partial charge in [0.2, 0.25) is 5.91 Å². The second kappa shape index (κ2) is 4.47. The van der Waals surface area contributed by atoms with Crippen LogP contribution in [0.3, 0.4) is 0 Å². The topological polar surface area (TPSA) is 29.1 Å². The maximum atomic E-state index is 12.5. The Kier molecular flexibility index (Phi) is 3.75. The number of thioether (sulfide) groups is 1. The highest BCUT2D eigenvalue weighted by Crippen LogP contribution is 2.24. The fourth-order valence-electron chi connectivity index (χ4n) is 1.38. The van der Waals surface area contributed by atoms with Crippen LogP contribution in [0.5, 0.6) is 0 Å². The molecule has 1 aliphatic rings. The Morgan fingerprint density at radius 2 is 2.21 bits per heavy atom. The Hall–Kier alpha value is -0.320. The van der Waals surface area contributed by atoms with Crippen LogP contribution >= 0.6 is 11.8 Å². The lowest BCUT2D eigenvalue weighted by Gasteiger charge is -2.17. The van der Waals surface area contributed by atoms with E-state index in [2.05, 4.69) is 5.32 Å². The lowest BCUT2D eigenvalue weighted by atomic mass is 10.1. The number of rotatable bonds is 3. The van der Waals surface area contributed by atoms with Crippen LogP contribution in [0.1, 0.15) is 20.3 Å². The first-order chi connectivity index (χ1) is 6.38. The highest BCUT2D eigenvalue weighted by molar-refractivity contribution is 7.99. The molecule has 2 atom stereocenters. The summed E-state index contributed by atoms with van der Waals surface area (Å²) in [5.41, 5.74) is 0. The van der Waals surface area contributed by atoms with Crippen LogP contribution in [0, 0.1) is 5.92 Å².